The number of nitrogens with two attached hydrogens (primary N) is 2. The van der Waals surface area contributed by atoms with Crippen LogP contribution in [0.25, 0.3) is 17.3 Å². The Balaban J connectivity index is 1.41. The molecule has 1 aliphatic heterocycles. The van der Waals surface area contributed by atoms with Crippen LogP contribution >= 0.6 is 0 Å². The highest BCUT2D eigenvalue weighted by atomic mass is 16.2. The zero-order chi connectivity index (χ0) is 28.9. The van der Waals surface area contributed by atoms with Gasteiger partial charge in [-0.15, -0.1) is 0 Å². The Labute approximate surface area is 237 Å². The van der Waals surface area contributed by atoms with E-state index in [2.05, 4.69) is 10.3 Å². The van der Waals surface area contributed by atoms with E-state index < -0.39 is 11.9 Å². The van der Waals surface area contributed by atoms with Gasteiger partial charge >= 0.3 is 0 Å². The lowest BCUT2D eigenvalue weighted by atomic mass is 10.0. The van der Waals surface area contributed by atoms with Crippen molar-refractivity contribution in [1.29, 1.82) is 0 Å². The number of amides is 3. The molecule has 5 N–H and O–H groups in total. The van der Waals surface area contributed by atoms with Crippen LogP contribution in [0.15, 0.2) is 79.0 Å². The molecule has 2 aromatic heterocycles. The minimum absolute atomic E-state index is 0.0268. The van der Waals surface area contributed by atoms with Gasteiger partial charge in [0.1, 0.15) is 11.5 Å². The molecule has 4 aromatic rings. The SMILES string of the molecule is Cc1ccnc(NC(=O)c2ccc(-c3nc(C4CCCCN4C(=O)C=Cc4ccccc4)n(N)c3C(N)=O)cc2)c1. The van der Waals surface area contributed by atoms with E-state index in [1.54, 1.807) is 53.6 Å². The average molecular weight is 550 g/mol. The molecule has 0 aliphatic carbocycles. The van der Waals surface area contributed by atoms with Crippen LogP contribution in [0.3, 0.4) is 0 Å². The van der Waals surface area contributed by atoms with Crippen LogP contribution in [-0.4, -0.2) is 43.8 Å². The molecule has 1 unspecified atom stereocenters. The van der Waals surface area contributed by atoms with E-state index >= 15 is 0 Å². The van der Waals surface area contributed by atoms with E-state index in [0.717, 1.165) is 24.0 Å². The maximum absolute atomic E-state index is 13.2. The number of primary amides is 1. The molecule has 208 valence electrons. The number of benzene rings is 2. The number of imidazole rings is 1. The van der Waals surface area contributed by atoms with Crippen LogP contribution in [0.5, 0.6) is 0 Å². The first-order valence-electron chi connectivity index (χ1n) is 13.4. The highest BCUT2D eigenvalue weighted by Gasteiger charge is 2.33. The summed E-state index contributed by atoms with van der Waals surface area (Å²) in [5, 5.41) is 2.77. The van der Waals surface area contributed by atoms with Gasteiger partial charge in [0.05, 0.1) is 6.04 Å². The Kier molecular flexibility index (Phi) is 7.91. The van der Waals surface area contributed by atoms with Gasteiger partial charge in [-0.25, -0.2) is 14.6 Å². The van der Waals surface area contributed by atoms with Crippen molar-refractivity contribution in [1.82, 2.24) is 19.5 Å². The molecule has 0 radical (unpaired) electrons. The summed E-state index contributed by atoms with van der Waals surface area (Å²) in [5.74, 6) is 6.00. The van der Waals surface area contributed by atoms with Crippen LogP contribution in [0.4, 0.5) is 5.82 Å². The number of aryl methyl sites for hydroxylation is 1. The lowest BCUT2D eigenvalue weighted by molar-refractivity contribution is -0.129. The number of nitrogens with one attached hydrogen (secondary N) is 1. The average Bonchev–Trinajstić information content (AvgIpc) is 3.33. The van der Waals surface area contributed by atoms with E-state index in [1.165, 1.54) is 4.68 Å². The van der Waals surface area contributed by atoms with Crippen LogP contribution in [0, 0.1) is 6.92 Å². The molecule has 2 aromatic carbocycles. The number of nitrogens with zero attached hydrogens (tertiary/aromatic N) is 4. The lowest BCUT2D eigenvalue weighted by Crippen LogP contribution is -2.39. The second kappa shape index (κ2) is 11.9. The first kappa shape index (κ1) is 27.3. The van der Waals surface area contributed by atoms with Crippen molar-refractivity contribution in [3.63, 3.8) is 0 Å². The number of carbonyl (C=O) groups excluding carboxylic acids is 3. The van der Waals surface area contributed by atoms with Crippen molar-refractivity contribution >= 4 is 29.6 Å². The Morgan fingerprint density at radius 2 is 1.78 bits per heavy atom. The van der Waals surface area contributed by atoms with E-state index in [9.17, 15) is 14.4 Å². The predicted octanol–water partition coefficient (Wildman–Crippen LogP) is 4.09. The summed E-state index contributed by atoms with van der Waals surface area (Å²) >= 11 is 0. The second-order valence-electron chi connectivity index (χ2n) is 9.94. The zero-order valence-electron chi connectivity index (χ0n) is 22.7. The fourth-order valence-electron chi connectivity index (χ4n) is 4.99. The van der Waals surface area contributed by atoms with Crippen molar-refractivity contribution in [3.8, 4) is 11.3 Å². The number of pyridine rings is 1. The molecule has 41 heavy (non-hydrogen) atoms. The third kappa shape index (κ3) is 6.01. The van der Waals surface area contributed by atoms with Crippen LogP contribution in [-0.2, 0) is 4.79 Å². The minimum Gasteiger partial charge on any atom is -0.364 e. The molecule has 0 saturated carbocycles. The fraction of sp³-hybridized carbons (Fsp3) is 0.194. The van der Waals surface area contributed by atoms with Gasteiger partial charge in [-0.05, 0) is 67.7 Å². The fourth-order valence-corrected chi connectivity index (χ4v) is 4.99. The Hall–Kier alpha value is -5.25. The number of likely N-dealkylation sites (tertiary alicyclic amines) is 1. The van der Waals surface area contributed by atoms with Gasteiger partial charge in [0.15, 0.2) is 11.5 Å². The summed E-state index contributed by atoms with van der Waals surface area (Å²) in [6.07, 6.45) is 7.32. The number of rotatable bonds is 7. The first-order valence-corrected chi connectivity index (χ1v) is 13.4. The Bertz CT molecular complexity index is 1610. The molecule has 10 nitrogen and oxygen atoms in total. The molecule has 3 heterocycles. The molecule has 5 rings (SSSR count). The number of hydrogen-bond donors (Lipinski definition) is 3. The third-order valence-electron chi connectivity index (χ3n) is 7.05. The van der Waals surface area contributed by atoms with Crippen LogP contribution in [0.2, 0.25) is 0 Å². The molecule has 0 bridgehead atoms. The predicted molar refractivity (Wildman–Crippen MR) is 157 cm³/mol. The summed E-state index contributed by atoms with van der Waals surface area (Å²) in [6.45, 7) is 2.45. The van der Waals surface area contributed by atoms with Crippen molar-refractivity contribution < 1.29 is 14.4 Å². The maximum atomic E-state index is 13.2. The quantitative estimate of drug-likeness (QED) is 0.234. The van der Waals surface area contributed by atoms with E-state index in [0.29, 0.717) is 41.4 Å². The number of nitrogen functional groups attached to an aromatic ring is 1. The zero-order valence-corrected chi connectivity index (χ0v) is 22.7. The lowest BCUT2D eigenvalue weighted by Gasteiger charge is -2.34. The van der Waals surface area contributed by atoms with Gasteiger partial charge in [0, 0.05) is 29.9 Å². The minimum atomic E-state index is -0.744. The summed E-state index contributed by atoms with van der Waals surface area (Å²) < 4.78 is 1.19. The number of hydrogen-bond acceptors (Lipinski definition) is 6. The number of aromatic nitrogens is 3. The van der Waals surface area contributed by atoms with E-state index in [-0.39, 0.29) is 17.5 Å². The number of carbonyl (C=O) groups is 3. The van der Waals surface area contributed by atoms with E-state index in [4.69, 9.17) is 16.6 Å². The van der Waals surface area contributed by atoms with Crippen molar-refractivity contribution in [3.05, 3.63) is 107 Å². The van der Waals surface area contributed by atoms with Gasteiger partial charge in [0.2, 0.25) is 5.91 Å². The topological polar surface area (TPSA) is 149 Å². The summed E-state index contributed by atoms with van der Waals surface area (Å²) in [5.41, 5.74) is 8.91. The second-order valence-corrected chi connectivity index (χ2v) is 9.94. The summed E-state index contributed by atoms with van der Waals surface area (Å²) in [7, 11) is 0. The molecule has 1 atom stereocenters. The smallest absolute Gasteiger partial charge is 0.269 e. The van der Waals surface area contributed by atoms with Gasteiger partial charge in [-0.1, -0.05) is 42.5 Å². The summed E-state index contributed by atoms with van der Waals surface area (Å²) in [6, 6.07) is 19.4. The maximum Gasteiger partial charge on any atom is 0.269 e. The Morgan fingerprint density at radius 3 is 2.49 bits per heavy atom. The van der Waals surface area contributed by atoms with Gasteiger partial charge in [-0.2, -0.15) is 0 Å². The molecule has 1 fully saturated rings. The van der Waals surface area contributed by atoms with E-state index in [1.807, 2.05) is 43.3 Å². The monoisotopic (exact) mass is 549 g/mol. The van der Waals surface area contributed by atoms with Gasteiger partial charge < -0.3 is 21.8 Å². The third-order valence-corrected chi connectivity index (χ3v) is 7.05. The molecular weight excluding hydrogens is 518 g/mol. The van der Waals surface area contributed by atoms with Crippen molar-refractivity contribution in [2.24, 2.45) is 5.73 Å². The van der Waals surface area contributed by atoms with Crippen LogP contribution < -0.4 is 16.9 Å². The summed E-state index contributed by atoms with van der Waals surface area (Å²) in [4.78, 5) is 49.1. The number of piperidine rings is 1. The van der Waals surface area contributed by atoms with Crippen molar-refractivity contribution in [2.45, 2.75) is 32.2 Å². The van der Waals surface area contributed by atoms with Crippen molar-refractivity contribution in [2.75, 3.05) is 17.7 Å². The molecule has 10 heteroatoms. The van der Waals surface area contributed by atoms with Gasteiger partial charge in [0.25, 0.3) is 11.8 Å². The molecule has 0 spiro atoms. The molecule has 1 saturated heterocycles. The number of anilines is 1. The van der Waals surface area contributed by atoms with Crippen LogP contribution in [0.1, 0.15) is 63.1 Å². The molecule has 3 amide bonds. The Morgan fingerprint density at radius 1 is 1.02 bits per heavy atom. The first-order chi connectivity index (χ1) is 19.8. The highest BCUT2D eigenvalue weighted by Crippen LogP contribution is 2.34. The largest absolute Gasteiger partial charge is 0.364 e. The molecule has 1 aliphatic rings. The standard InChI is InChI=1S/C31H31N7O3/c1-20-16-17-34-25(19-20)35-31(41)23-13-11-22(12-14-23)27-28(29(32)40)38(33)30(36-27)24-9-5-6-18-37(24)26(39)15-10-21-7-3-2-4-8-21/h2-4,7-8,10-17,19,24H,5-6,9,18,33H2,1H3,(H2,32,40)(H,34,35,41). The van der Waals surface area contributed by atoms with Gasteiger partial charge in [-0.3, -0.25) is 14.4 Å². The molecular formula is C31H31N7O3. The highest BCUT2D eigenvalue weighted by molar-refractivity contribution is 6.04. The normalized spacial score (nSPS) is 15.1.